The van der Waals surface area contributed by atoms with E-state index in [0.29, 0.717) is 24.5 Å². The first-order chi connectivity index (χ1) is 20.1. The Kier molecular flexibility index (Phi) is 10.9. The summed E-state index contributed by atoms with van der Waals surface area (Å²) in [6, 6.07) is 5.15. The Bertz CT molecular complexity index is 1310. The highest BCUT2D eigenvalue weighted by molar-refractivity contribution is 7.09. The second kappa shape index (κ2) is 14.6. The highest BCUT2D eigenvalue weighted by Gasteiger charge is 2.20. The van der Waals surface area contributed by atoms with Crippen LogP contribution < -0.4 is 16.0 Å². The highest BCUT2D eigenvalue weighted by atomic mass is 32.1. The molecule has 0 aliphatic carbocycles. The van der Waals surface area contributed by atoms with Crippen molar-refractivity contribution in [3.63, 3.8) is 0 Å². The average molecular weight is 614 g/mol. The maximum Gasteiger partial charge on any atom is 0.412 e. The number of ether oxygens (including phenoxy) is 1. The fraction of sp³-hybridized carbons (Fsp3) is 0.448. The van der Waals surface area contributed by atoms with E-state index in [1.807, 2.05) is 16.8 Å². The smallest absolute Gasteiger partial charge is 0.412 e. The molecule has 0 saturated carbocycles. The van der Waals surface area contributed by atoms with Crippen LogP contribution in [-0.4, -0.2) is 89.6 Å². The van der Waals surface area contributed by atoms with E-state index < -0.39 is 17.6 Å². The lowest BCUT2D eigenvalue weighted by atomic mass is 10.2. The molecule has 0 radical (unpaired) electrons. The van der Waals surface area contributed by atoms with E-state index in [-0.39, 0.29) is 11.7 Å². The fourth-order valence-electron chi connectivity index (χ4n) is 4.31. The second-order valence-corrected chi connectivity index (χ2v) is 12.7. The van der Waals surface area contributed by atoms with Crippen molar-refractivity contribution >= 4 is 57.8 Å². The predicted octanol–water partition coefficient (Wildman–Crippen LogP) is 5.48. The van der Waals surface area contributed by atoms with Gasteiger partial charge in [-0.3, -0.25) is 15.1 Å². The molecule has 0 unspecified atom stereocenters. The Hall–Kier alpha value is -3.52. The van der Waals surface area contributed by atoms with Gasteiger partial charge in [0.25, 0.3) is 5.91 Å². The van der Waals surface area contributed by atoms with E-state index in [2.05, 4.69) is 37.8 Å². The number of aromatic nitrogens is 1. The molecule has 4 heterocycles. The van der Waals surface area contributed by atoms with Crippen molar-refractivity contribution < 1.29 is 19.1 Å². The molecule has 0 atom stereocenters. The minimum absolute atomic E-state index is 0.170. The zero-order chi connectivity index (χ0) is 30.1. The van der Waals surface area contributed by atoms with E-state index in [0.717, 1.165) is 50.4 Å². The van der Waals surface area contributed by atoms with Crippen LogP contribution in [0.4, 0.5) is 26.7 Å². The number of thiophene rings is 2. The van der Waals surface area contributed by atoms with Crippen LogP contribution in [0.2, 0.25) is 0 Å². The van der Waals surface area contributed by atoms with Gasteiger partial charge in [0.05, 0.1) is 17.1 Å². The summed E-state index contributed by atoms with van der Waals surface area (Å²) in [5, 5.41) is 15.7. The standard InChI is InChI=1S/C29H39N7O4S2/c1-29(2,3)40-28(39)33-25-20-42-19-24(25)32-26(37)23-7-6-21(16-30-23)17-36(27(38)31-22-8-15-41-18-22)10-5-9-35-13-11-34(4)12-14-35/h6-8,15-16,18-20H,5,9-14,17H2,1-4H3,(H,31,38)(H,32,37)(H,33,39). The van der Waals surface area contributed by atoms with Gasteiger partial charge in [-0.05, 0) is 63.9 Å². The molecule has 1 aliphatic rings. The van der Waals surface area contributed by atoms with Crippen LogP contribution in [0.25, 0.3) is 0 Å². The molecular weight excluding hydrogens is 574 g/mol. The van der Waals surface area contributed by atoms with Crippen LogP contribution in [-0.2, 0) is 11.3 Å². The first kappa shape index (κ1) is 31.4. The van der Waals surface area contributed by atoms with Gasteiger partial charge in [0.15, 0.2) is 0 Å². The first-order valence-electron chi connectivity index (χ1n) is 13.9. The number of anilines is 3. The molecule has 226 valence electrons. The molecule has 3 aromatic heterocycles. The van der Waals surface area contributed by atoms with Crippen LogP contribution in [0, 0.1) is 0 Å². The van der Waals surface area contributed by atoms with Crippen LogP contribution in [0.1, 0.15) is 43.2 Å². The van der Waals surface area contributed by atoms with Crippen molar-refractivity contribution in [3.05, 3.63) is 57.2 Å². The van der Waals surface area contributed by atoms with Crippen LogP contribution in [0.5, 0.6) is 0 Å². The van der Waals surface area contributed by atoms with Gasteiger partial charge in [0, 0.05) is 61.6 Å². The highest BCUT2D eigenvalue weighted by Crippen LogP contribution is 2.27. The molecule has 0 bridgehead atoms. The number of carbonyl (C=O) groups excluding carboxylic acids is 3. The minimum Gasteiger partial charge on any atom is -0.444 e. The SMILES string of the molecule is CN1CCN(CCCN(Cc2ccc(C(=O)Nc3cscc3NC(=O)OC(C)(C)C)nc2)C(=O)Nc2ccsc2)CC1. The van der Waals surface area contributed by atoms with E-state index in [1.54, 1.807) is 54.8 Å². The molecule has 13 heteroatoms. The number of rotatable bonds is 10. The zero-order valence-electron chi connectivity index (χ0n) is 24.5. The molecular formula is C29H39N7O4S2. The topological polar surface area (TPSA) is 119 Å². The van der Waals surface area contributed by atoms with Gasteiger partial charge in [-0.1, -0.05) is 6.07 Å². The Balaban J connectivity index is 1.35. The van der Waals surface area contributed by atoms with E-state index in [1.165, 1.54) is 22.7 Å². The lowest BCUT2D eigenvalue weighted by Crippen LogP contribution is -2.45. The number of carbonyl (C=O) groups is 3. The number of pyridine rings is 1. The molecule has 0 spiro atoms. The van der Waals surface area contributed by atoms with Crippen LogP contribution in [0.15, 0.2) is 45.9 Å². The summed E-state index contributed by atoms with van der Waals surface area (Å²) >= 11 is 2.87. The number of urea groups is 1. The monoisotopic (exact) mass is 613 g/mol. The summed E-state index contributed by atoms with van der Waals surface area (Å²) in [6.07, 6.45) is 1.87. The van der Waals surface area contributed by atoms with Crippen molar-refractivity contribution in [1.29, 1.82) is 0 Å². The molecule has 11 nitrogen and oxygen atoms in total. The van der Waals surface area contributed by atoms with Crippen molar-refractivity contribution in [2.75, 3.05) is 62.3 Å². The van der Waals surface area contributed by atoms with E-state index in [9.17, 15) is 14.4 Å². The molecule has 42 heavy (non-hydrogen) atoms. The number of piperazine rings is 1. The molecule has 0 aromatic carbocycles. The lowest BCUT2D eigenvalue weighted by molar-refractivity contribution is 0.0635. The van der Waals surface area contributed by atoms with Gasteiger partial charge in [-0.2, -0.15) is 11.3 Å². The van der Waals surface area contributed by atoms with Crippen LogP contribution in [0.3, 0.4) is 0 Å². The summed E-state index contributed by atoms with van der Waals surface area (Å²) in [5.74, 6) is -0.411. The number of nitrogens with zero attached hydrogens (tertiary/aromatic N) is 4. The number of hydrogen-bond acceptors (Lipinski definition) is 9. The van der Waals surface area contributed by atoms with E-state index >= 15 is 0 Å². The third-order valence-electron chi connectivity index (χ3n) is 6.53. The second-order valence-electron chi connectivity index (χ2n) is 11.2. The molecule has 1 aliphatic heterocycles. The van der Waals surface area contributed by atoms with Crippen molar-refractivity contribution in [1.82, 2.24) is 19.7 Å². The molecule has 1 saturated heterocycles. The largest absolute Gasteiger partial charge is 0.444 e. The Morgan fingerprint density at radius 1 is 0.976 bits per heavy atom. The Morgan fingerprint density at radius 2 is 1.71 bits per heavy atom. The van der Waals surface area contributed by atoms with Gasteiger partial charge < -0.3 is 30.1 Å². The summed E-state index contributed by atoms with van der Waals surface area (Å²) in [5.41, 5.74) is 2.07. The maximum absolute atomic E-state index is 13.2. The molecule has 4 amide bonds. The fourth-order valence-corrected chi connectivity index (χ4v) is 5.61. The zero-order valence-corrected chi connectivity index (χ0v) is 26.1. The van der Waals surface area contributed by atoms with Gasteiger partial charge in [0.2, 0.25) is 0 Å². The first-order valence-corrected chi connectivity index (χ1v) is 15.8. The van der Waals surface area contributed by atoms with Gasteiger partial charge >= 0.3 is 12.1 Å². The van der Waals surface area contributed by atoms with Crippen molar-refractivity contribution in [3.8, 4) is 0 Å². The molecule has 3 N–H and O–H groups in total. The van der Waals surface area contributed by atoms with Crippen LogP contribution >= 0.6 is 22.7 Å². The molecule has 3 aromatic rings. The minimum atomic E-state index is -0.639. The number of nitrogens with one attached hydrogen (secondary N) is 3. The van der Waals surface area contributed by atoms with Gasteiger partial charge in [0.1, 0.15) is 11.3 Å². The third-order valence-corrected chi connectivity index (χ3v) is 7.96. The number of hydrogen-bond donors (Lipinski definition) is 3. The van der Waals surface area contributed by atoms with Crippen molar-refractivity contribution in [2.45, 2.75) is 39.3 Å². The summed E-state index contributed by atoms with van der Waals surface area (Å²) in [6.45, 7) is 11.4. The summed E-state index contributed by atoms with van der Waals surface area (Å²) < 4.78 is 5.30. The average Bonchev–Trinajstić information content (AvgIpc) is 3.60. The predicted molar refractivity (Wildman–Crippen MR) is 169 cm³/mol. The summed E-state index contributed by atoms with van der Waals surface area (Å²) in [4.78, 5) is 49.1. The number of amides is 4. The number of likely N-dealkylation sites (N-methyl/N-ethyl adjacent to an activating group) is 1. The Morgan fingerprint density at radius 3 is 2.36 bits per heavy atom. The lowest BCUT2D eigenvalue weighted by Gasteiger charge is -2.33. The summed E-state index contributed by atoms with van der Waals surface area (Å²) in [7, 11) is 2.14. The van der Waals surface area contributed by atoms with E-state index in [4.69, 9.17) is 4.74 Å². The maximum atomic E-state index is 13.2. The van der Waals surface area contributed by atoms with Gasteiger partial charge in [-0.25, -0.2) is 9.59 Å². The van der Waals surface area contributed by atoms with Gasteiger partial charge in [-0.15, -0.1) is 11.3 Å². The Labute approximate surface area is 254 Å². The quantitative estimate of drug-likeness (QED) is 0.277. The third kappa shape index (κ3) is 9.79. The molecule has 4 rings (SSSR count). The normalized spacial score (nSPS) is 14.3. The molecule has 1 fully saturated rings. The van der Waals surface area contributed by atoms with Crippen molar-refractivity contribution in [2.24, 2.45) is 0 Å².